The second-order valence-electron chi connectivity index (χ2n) is 13.3. The maximum absolute atomic E-state index is 6.65. The average Bonchev–Trinajstić information content (AvgIpc) is 3.60. The van der Waals surface area contributed by atoms with Gasteiger partial charge < -0.3 is 9.32 Å². The van der Waals surface area contributed by atoms with Gasteiger partial charge in [-0.2, -0.15) is 0 Å². The lowest BCUT2D eigenvalue weighted by atomic mass is 9.95. The molecule has 1 aromatic heterocycles. The lowest BCUT2D eigenvalue weighted by Crippen LogP contribution is -2.09. The van der Waals surface area contributed by atoms with Crippen molar-refractivity contribution in [3.8, 4) is 33.4 Å². The van der Waals surface area contributed by atoms with Crippen LogP contribution >= 0.6 is 0 Å². The fourth-order valence-corrected chi connectivity index (χ4v) is 7.73. The second kappa shape index (κ2) is 12.5. The van der Waals surface area contributed by atoms with E-state index in [1.54, 1.807) is 0 Å². The molecule has 1 heterocycles. The molecule has 244 valence electrons. The van der Waals surface area contributed by atoms with E-state index in [0.29, 0.717) is 0 Å². The number of furan rings is 1. The molecule has 0 spiro atoms. The summed E-state index contributed by atoms with van der Waals surface area (Å²) in [5.41, 5.74) is 12.3. The van der Waals surface area contributed by atoms with E-state index in [1.165, 1.54) is 38.4 Å². The molecule has 10 rings (SSSR count). The minimum Gasteiger partial charge on any atom is -0.455 e. The zero-order valence-corrected chi connectivity index (χ0v) is 28.4. The van der Waals surface area contributed by atoms with Gasteiger partial charge in [0.1, 0.15) is 11.2 Å². The van der Waals surface area contributed by atoms with Gasteiger partial charge in [0.15, 0.2) is 0 Å². The van der Waals surface area contributed by atoms with Crippen molar-refractivity contribution in [2.24, 2.45) is 0 Å². The zero-order valence-electron chi connectivity index (χ0n) is 28.4. The Morgan fingerprint density at radius 2 is 0.865 bits per heavy atom. The van der Waals surface area contributed by atoms with Crippen LogP contribution in [0.5, 0.6) is 0 Å². The normalized spacial score (nSPS) is 11.5. The Labute approximate surface area is 302 Å². The fraction of sp³-hybridized carbons (Fsp3) is 0. The van der Waals surface area contributed by atoms with Crippen molar-refractivity contribution in [2.75, 3.05) is 4.90 Å². The summed E-state index contributed by atoms with van der Waals surface area (Å²) >= 11 is 0. The van der Waals surface area contributed by atoms with Crippen molar-refractivity contribution in [3.63, 3.8) is 0 Å². The summed E-state index contributed by atoms with van der Waals surface area (Å²) in [5.74, 6) is 0. The maximum atomic E-state index is 6.65. The summed E-state index contributed by atoms with van der Waals surface area (Å²) in [5, 5.41) is 7.11. The summed E-state index contributed by atoms with van der Waals surface area (Å²) in [4.78, 5) is 2.31. The van der Waals surface area contributed by atoms with Crippen LogP contribution in [0.3, 0.4) is 0 Å². The van der Waals surface area contributed by atoms with Crippen molar-refractivity contribution in [3.05, 3.63) is 200 Å². The molecule has 2 nitrogen and oxygen atoms in total. The number of hydrogen-bond donors (Lipinski definition) is 0. The van der Waals surface area contributed by atoms with Crippen LogP contribution in [0.25, 0.3) is 76.9 Å². The van der Waals surface area contributed by atoms with E-state index < -0.39 is 0 Å². The van der Waals surface area contributed by atoms with Gasteiger partial charge in [-0.15, -0.1) is 0 Å². The number of rotatable bonds is 6. The van der Waals surface area contributed by atoms with E-state index in [2.05, 4.69) is 205 Å². The molecule has 10 aromatic rings. The first kappa shape index (κ1) is 30.0. The van der Waals surface area contributed by atoms with Gasteiger partial charge in [-0.1, -0.05) is 146 Å². The van der Waals surface area contributed by atoms with Crippen LogP contribution in [-0.2, 0) is 0 Å². The molecule has 0 saturated heterocycles. The smallest absolute Gasteiger partial charge is 0.143 e. The predicted molar refractivity (Wildman–Crippen MR) is 220 cm³/mol. The van der Waals surface area contributed by atoms with Crippen LogP contribution in [0.15, 0.2) is 205 Å². The van der Waals surface area contributed by atoms with E-state index in [9.17, 15) is 0 Å². The summed E-state index contributed by atoms with van der Waals surface area (Å²) in [6.45, 7) is 0. The molecular weight excluding hydrogens is 631 g/mol. The Balaban J connectivity index is 1.02. The predicted octanol–water partition coefficient (Wildman–Crippen LogP) is 14.4. The Morgan fingerprint density at radius 1 is 0.308 bits per heavy atom. The Hall–Kier alpha value is -6.90. The van der Waals surface area contributed by atoms with Gasteiger partial charge in [-0.05, 0) is 104 Å². The number of fused-ring (bicyclic) bond motifs is 6. The molecule has 0 aliphatic heterocycles. The first-order valence-electron chi connectivity index (χ1n) is 17.8. The van der Waals surface area contributed by atoms with Crippen LogP contribution < -0.4 is 4.90 Å². The molecule has 0 saturated carbocycles. The lowest BCUT2D eigenvalue weighted by Gasteiger charge is -2.26. The van der Waals surface area contributed by atoms with Gasteiger partial charge in [0.05, 0.1) is 0 Å². The van der Waals surface area contributed by atoms with Gasteiger partial charge in [-0.25, -0.2) is 0 Å². The molecule has 0 radical (unpaired) electrons. The largest absolute Gasteiger partial charge is 0.455 e. The van der Waals surface area contributed by atoms with Crippen LogP contribution in [0.2, 0.25) is 0 Å². The van der Waals surface area contributed by atoms with Crippen molar-refractivity contribution in [1.82, 2.24) is 0 Å². The Kier molecular flexibility index (Phi) is 7.18. The highest BCUT2D eigenvalue weighted by atomic mass is 16.3. The molecule has 0 aliphatic rings. The summed E-state index contributed by atoms with van der Waals surface area (Å²) in [6, 6.07) is 71.5. The Morgan fingerprint density at radius 3 is 1.62 bits per heavy atom. The average molecular weight is 664 g/mol. The molecule has 0 N–H and O–H groups in total. The van der Waals surface area contributed by atoms with E-state index >= 15 is 0 Å². The third-order valence-corrected chi connectivity index (χ3v) is 10.3. The molecular formula is C50H33NO. The first-order chi connectivity index (χ1) is 25.8. The number of para-hydroxylation sites is 1. The van der Waals surface area contributed by atoms with Crippen LogP contribution in [0.4, 0.5) is 17.1 Å². The highest BCUT2D eigenvalue weighted by Gasteiger charge is 2.17. The summed E-state index contributed by atoms with van der Waals surface area (Å²) in [7, 11) is 0. The van der Waals surface area contributed by atoms with Crippen LogP contribution in [0, 0.1) is 0 Å². The molecule has 0 unspecified atom stereocenters. The number of hydrogen-bond acceptors (Lipinski definition) is 2. The highest BCUT2D eigenvalue weighted by Crippen LogP contribution is 2.42. The topological polar surface area (TPSA) is 16.4 Å². The molecule has 2 heteroatoms. The zero-order chi connectivity index (χ0) is 34.4. The van der Waals surface area contributed by atoms with Gasteiger partial charge in [0.2, 0.25) is 0 Å². The number of benzene rings is 9. The fourth-order valence-electron chi connectivity index (χ4n) is 7.73. The van der Waals surface area contributed by atoms with Crippen molar-refractivity contribution < 1.29 is 4.42 Å². The Bertz CT molecular complexity index is 2870. The molecule has 0 bridgehead atoms. The van der Waals surface area contributed by atoms with Crippen LogP contribution in [0.1, 0.15) is 0 Å². The van der Waals surface area contributed by atoms with Crippen molar-refractivity contribution in [1.29, 1.82) is 0 Å². The van der Waals surface area contributed by atoms with Gasteiger partial charge >= 0.3 is 0 Å². The highest BCUT2D eigenvalue weighted by molar-refractivity contribution is 6.19. The lowest BCUT2D eigenvalue weighted by molar-refractivity contribution is 0.673. The third-order valence-electron chi connectivity index (χ3n) is 10.3. The summed E-state index contributed by atoms with van der Waals surface area (Å²) in [6.07, 6.45) is 0. The van der Waals surface area contributed by atoms with Gasteiger partial charge in [-0.3, -0.25) is 0 Å². The van der Waals surface area contributed by atoms with E-state index in [-0.39, 0.29) is 0 Å². The van der Waals surface area contributed by atoms with E-state index in [4.69, 9.17) is 4.42 Å². The molecule has 52 heavy (non-hydrogen) atoms. The first-order valence-corrected chi connectivity index (χ1v) is 17.8. The van der Waals surface area contributed by atoms with E-state index in [0.717, 1.165) is 55.5 Å². The molecule has 0 atom stereocenters. The SMILES string of the molecule is c1ccc(-c2cc3c4ccc(-c5ccc(N(c6ccccc6)c6ccc(-c7cccc8ccccc78)cc6)cc5)cc4oc3c3ccccc23)cc1. The maximum Gasteiger partial charge on any atom is 0.143 e. The minimum absolute atomic E-state index is 0.893. The molecule has 0 aliphatic carbocycles. The minimum atomic E-state index is 0.893. The van der Waals surface area contributed by atoms with Crippen LogP contribution in [-0.4, -0.2) is 0 Å². The van der Waals surface area contributed by atoms with Gasteiger partial charge in [0, 0.05) is 33.2 Å². The van der Waals surface area contributed by atoms with Crippen molar-refractivity contribution in [2.45, 2.75) is 0 Å². The van der Waals surface area contributed by atoms with E-state index in [1.807, 2.05) is 0 Å². The van der Waals surface area contributed by atoms with Gasteiger partial charge in [0.25, 0.3) is 0 Å². The quantitative estimate of drug-likeness (QED) is 0.176. The molecule has 0 fully saturated rings. The number of nitrogens with zero attached hydrogens (tertiary/aromatic N) is 1. The standard InChI is InChI=1S/C50H33NO/c1-3-12-36(13-4-1)47-33-48-45-31-26-38(32-49(45)52-50(48)46-20-10-9-19-44(46)47)34-22-27-40(28-23-34)51(39-16-5-2-6-17-39)41-29-24-37(25-30-41)43-21-11-15-35-14-7-8-18-42(35)43/h1-33H. The third kappa shape index (κ3) is 5.12. The monoisotopic (exact) mass is 663 g/mol. The number of anilines is 3. The molecule has 0 amide bonds. The molecule has 9 aromatic carbocycles. The summed E-state index contributed by atoms with van der Waals surface area (Å²) < 4.78 is 6.65. The second-order valence-corrected chi connectivity index (χ2v) is 13.3. The van der Waals surface area contributed by atoms with Crippen molar-refractivity contribution >= 4 is 60.5 Å².